The molecule has 0 aromatic carbocycles. The molecule has 1 amide bonds. The zero-order chi connectivity index (χ0) is 16.7. The van der Waals surface area contributed by atoms with Crippen LogP contribution in [0.25, 0.3) is 16.6 Å². The first-order chi connectivity index (χ1) is 11.7. The molecule has 0 N–H and O–H groups in total. The Morgan fingerprint density at radius 2 is 2.17 bits per heavy atom. The summed E-state index contributed by atoms with van der Waals surface area (Å²) in [6, 6.07) is 9.88. The number of aromatic nitrogens is 3. The molecule has 1 saturated heterocycles. The molecule has 0 saturated carbocycles. The number of nitrogens with zero attached hydrogens (tertiary/aromatic N) is 5. The maximum Gasteiger partial charge on any atom is 0.244 e. The minimum absolute atomic E-state index is 0.134. The summed E-state index contributed by atoms with van der Waals surface area (Å²) in [6.45, 7) is 2.51. The molecule has 0 radical (unpaired) electrons. The number of nitriles is 1. The molecule has 118 valence electrons. The second kappa shape index (κ2) is 5.46. The van der Waals surface area contributed by atoms with Gasteiger partial charge in [-0.05, 0) is 31.5 Å². The number of pyridine rings is 1. The van der Waals surface area contributed by atoms with E-state index in [1.54, 1.807) is 15.6 Å². The average molecular weight is 317 g/mol. The van der Waals surface area contributed by atoms with E-state index >= 15 is 0 Å². The number of hydrogen-bond acceptors (Lipinski definition) is 4. The second-order valence-electron chi connectivity index (χ2n) is 5.92. The van der Waals surface area contributed by atoms with Crippen molar-refractivity contribution in [1.82, 2.24) is 14.6 Å². The predicted octanol–water partition coefficient (Wildman–Crippen LogP) is 2.58. The van der Waals surface area contributed by atoms with Crippen LogP contribution in [0.15, 0.2) is 42.9 Å². The molecule has 0 bridgehead atoms. The number of amides is 1. The number of aryl methyl sites for hydroxylation is 1. The summed E-state index contributed by atoms with van der Waals surface area (Å²) in [5.41, 5.74) is 4.59. The summed E-state index contributed by atoms with van der Waals surface area (Å²) in [5, 5.41) is 13.4. The van der Waals surface area contributed by atoms with Crippen LogP contribution < -0.4 is 4.90 Å². The summed E-state index contributed by atoms with van der Waals surface area (Å²) < 4.78 is 1.76. The molecule has 1 aliphatic rings. The van der Waals surface area contributed by atoms with E-state index < -0.39 is 5.92 Å². The number of rotatable bonds is 2. The van der Waals surface area contributed by atoms with Crippen molar-refractivity contribution in [3.05, 3.63) is 48.5 Å². The van der Waals surface area contributed by atoms with Gasteiger partial charge in [0.1, 0.15) is 5.92 Å². The summed E-state index contributed by atoms with van der Waals surface area (Å²) in [6.07, 6.45) is 6.00. The Morgan fingerprint density at radius 1 is 1.29 bits per heavy atom. The van der Waals surface area contributed by atoms with Crippen molar-refractivity contribution >= 4 is 17.1 Å². The van der Waals surface area contributed by atoms with Gasteiger partial charge in [0, 0.05) is 42.0 Å². The van der Waals surface area contributed by atoms with Crippen molar-refractivity contribution in [1.29, 1.82) is 5.26 Å². The topological polar surface area (TPSA) is 74.3 Å². The zero-order valence-electron chi connectivity index (χ0n) is 13.2. The van der Waals surface area contributed by atoms with E-state index in [0.29, 0.717) is 13.0 Å². The molecule has 4 heterocycles. The highest BCUT2D eigenvalue weighted by molar-refractivity contribution is 6.02. The van der Waals surface area contributed by atoms with Gasteiger partial charge in [-0.3, -0.25) is 9.78 Å². The molecule has 24 heavy (non-hydrogen) atoms. The van der Waals surface area contributed by atoms with Gasteiger partial charge < -0.3 is 4.90 Å². The summed E-state index contributed by atoms with van der Waals surface area (Å²) in [5.74, 6) is -0.681. The third-order valence-electron chi connectivity index (χ3n) is 4.38. The van der Waals surface area contributed by atoms with Gasteiger partial charge in [0.15, 0.2) is 0 Å². The number of anilines is 1. The SMILES string of the molecule is Cc1ccc(-c2cc3c(N4CCC(C#N)C4=O)ccnn3c2)cn1. The second-order valence-corrected chi connectivity index (χ2v) is 5.92. The van der Waals surface area contributed by atoms with E-state index in [1.165, 1.54) is 0 Å². The molecule has 0 aliphatic carbocycles. The van der Waals surface area contributed by atoms with Crippen molar-refractivity contribution in [2.45, 2.75) is 13.3 Å². The Balaban J connectivity index is 1.80. The highest BCUT2D eigenvalue weighted by Crippen LogP contribution is 2.31. The van der Waals surface area contributed by atoms with E-state index in [0.717, 1.165) is 28.0 Å². The van der Waals surface area contributed by atoms with Crippen LogP contribution in [0.3, 0.4) is 0 Å². The maximum absolute atomic E-state index is 12.4. The highest BCUT2D eigenvalue weighted by atomic mass is 16.2. The molecule has 6 heteroatoms. The normalized spacial score (nSPS) is 17.4. The van der Waals surface area contributed by atoms with Crippen molar-refractivity contribution in [3.8, 4) is 17.2 Å². The molecule has 3 aromatic rings. The fraction of sp³-hybridized carbons (Fsp3) is 0.222. The van der Waals surface area contributed by atoms with Crippen LogP contribution in [-0.4, -0.2) is 27.0 Å². The monoisotopic (exact) mass is 317 g/mol. The van der Waals surface area contributed by atoms with Crippen LogP contribution in [0, 0.1) is 24.2 Å². The maximum atomic E-state index is 12.4. The first-order valence-corrected chi connectivity index (χ1v) is 7.79. The number of fused-ring (bicyclic) bond motifs is 1. The van der Waals surface area contributed by atoms with E-state index in [-0.39, 0.29) is 5.91 Å². The molecule has 4 rings (SSSR count). The zero-order valence-corrected chi connectivity index (χ0v) is 13.2. The Labute approximate surface area is 139 Å². The van der Waals surface area contributed by atoms with Gasteiger partial charge >= 0.3 is 0 Å². The van der Waals surface area contributed by atoms with Gasteiger partial charge in [-0.2, -0.15) is 10.4 Å². The fourth-order valence-corrected chi connectivity index (χ4v) is 3.06. The van der Waals surface area contributed by atoms with E-state index in [4.69, 9.17) is 5.26 Å². The van der Waals surface area contributed by atoms with Crippen LogP contribution in [0.1, 0.15) is 12.1 Å². The molecule has 1 fully saturated rings. The lowest BCUT2D eigenvalue weighted by Gasteiger charge is -2.16. The summed E-state index contributed by atoms with van der Waals surface area (Å²) in [4.78, 5) is 18.4. The van der Waals surface area contributed by atoms with E-state index in [9.17, 15) is 4.79 Å². The smallest absolute Gasteiger partial charge is 0.244 e. The number of carbonyl (C=O) groups is 1. The van der Waals surface area contributed by atoms with Gasteiger partial charge in [0.2, 0.25) is 5.91 Å². The third-order valence-corrected chi connectivity index (χ3v) is 4.38. The van der Waals surface area contributed by atoms with Gasteiger partial charge in [-0.1, -0.05) is 6.07 Å². The van der Waals surface area contributed by atoms with Gasteiger partial charge in [-0.25, -0.2) is 4.52 Å². The quantitative estimate of drug-likeness (QED) is 0.728. The lowest BCUT2D eigenvalue weighted by molar-refractivity contribution is -0.118. The fourth-order valence-electron chi connectivity index (χ4n) is 3.06. The Bertz CT molecular complexity index is 967. The van der Waals surface area contributed by atoms with Gasteiger partial charge in [-0.15, -0.1) is 0 Å². The van der Waals surface area contributed by atoms with Crippen LogP contribution in [-0.2, 0) is 4.79 Å². The Morgan fingerprint density at radius 3 is 2.88 bits per heavy atom. The van der Waals surface area contributed by atoms with Gasteiger partial charge in [0.25, 0.3) is 0 Å². The van der Waals surface area contributed by atoms with E-state index in [1.807, 2.05) is 43.6 Å². The van der Waals surface area contributed by atoms with Crippen LogP contribution in [0.2, 0.25) is 0 Å². The van der Waals surface area contributed by atoms with Crippen LogP contribution in [0.4, 0.5) is 5.69 Å². The Hall–Kier alpha value is -3.20. The lowest BCUT2D eigenvalue weighted by atomic mass is 10.1. The molecule has 6 nitrogen and oxygen atoms in total. The standard InChI is InChI=1S/C18H15N5O/c1-12-2-3-14(10-20-12)15-8-17-16(4-6-21-23(17)11-15)22-7-5-13(9-19)18(22)24/h2-4,6,8,10-11,13H,5,7H2,1H3. The Kier molecular flexibility index (Phi) is 3.28. The molecule has 1 aliphatic heterocycles. The minimum atomic E-state index is -0.547. The third kappa shape index (κ3) is 2.22. The molecular formula is C18H15N5O. The van der Waals surface area contributed by atoms with Crippen molar-refractivity contribution in [2.75, 3.05) is 11.4 Å². The highest BCUT2D eigenvalue weighted by Gasteiger charge is 2.33. The average Bonchev–Trinajstić information content (AvgIpc) is 3.18. The molecular weight excluding hydrogens is 302 g/mol. The summed E-state index contributed by atoms with van der Waals surface area (Å²) >= 11 is 0. The first kappa shape index (κ1) is 14.4. The first-order valence-electron chi connectivity index (χ1n) is 7.79. The molecule has 1 atom stereocenters. The van der Waals surface area contributed by atoms with E-state index in [2.05, 4.69) is 16.2 Å². The minimum Gasteiger partial charge on any atom is -0.309 e. The van der Waals surface area contributed by atoms with Gasteiger partial charge in [0.05, 0.1) is 17.3 Å². The molecule has 3 aromatic heterocycles. The largest absolute Gasteiger partial charge is 0.309 e. The number of carbonyl (C=O) groups excluding carboxylic acids is 1. The molecule has 0 spiro atoms. The van der Waals surface area contributed by atoms with Crippen molar-refractivity contribution < 1.29 is 4.79 Å². The molecule has 1 unspecified atom stereocenters. The number of hydrogen-bond donors (Lipinski definition) is 0. The van der Waals surface area contributed by atoms with Crippen LogP contribution in [0.5, 0.6) is 0 Å². The lowest BCUT2D eigenvalue weighted by Crippen LogP contribution is -2.27. The predicted molar refractivity (Wildman–Crippen MR) is 89.2 cm³/mol. The summed E-state index contributed by atoms with van der Waals surface area (Å²) in [7, 11) is 0. The van der Waals surface area contributed by atoms with Crippen molar-refractivity contribution in [3.63, 3.8) is 0 Å². The van der Waals surface area contributed by atoms with Crippen LogP contribution >= 0.6 is 0 Å². The van der Waals surface area contributed by atoms with Crippen molar-refractivity contribution in [2.24, 2.45) is 5.92 Å².